The maximum atomic E-state index is 12.5. The minimum atomic E-state index is -4.60. The van der Waals surface area contributed by atoms with Crippen LogP contribution in [0.25, 0.3) is 0 Å². The fourth-order valence-corrected chi connectivity index (χ4v) is 3.22. The summed E-state index contributed by atoms with van der Waals surface area (Å²) in [5.74, 6) is -0.531. The third-order valence-corrected chi connectivity index (χ3v) is 4.93. The summed E-state index contributed by atoms with van der Waals surface area (Å²) in [6.45, 7) is -0.297. The number of alkyl halides is 3. The first-order chi connectivity index (χ1) is 13.4. The molecule has 0 aromatic carbocycles. The molecule has 0 spiro atoms. The van der Waals surface area contributed by atoms with E-state index in [-0.39, 0.29) is 12.2 Å². The van der Waals surface area contributed by atoms with E-state index in [4.69, 9.17) is 23.4 Å². The molecular formula is C17H19ClF3N4O3S+. The van der Waals surface area contributed by atoms with Gasteiger partial charge in [0.05, 0.1) is 12.2 Å². The third-order valence-electron chi connectivity index (χ3n) is 3.43. The van der Waals surface area contributed by atoms with E-state index in [1.165, 1.54) is 23.5 Å². The van der Waals surface area contributed by atoms with Crippen LogP contribution in [0.4, 0.5) is 18.9 Å². The molecule has 0 aliphatic heterocycles. The highest BCUT2D eigenvalue weighted by Crippen LogP contribution is 2.18. The standard InChI is InChI=1S/C17H19ClF3N4O3S/c1-3-7-25(15(26)6-9-29(28)12-17(19,20)21)14(16(18)22)11-23(2)13-5-4-8-24(27)10-13/h1,4-5,8,10-11,22,27H,6-7,9,12H2,2H3/q+1. The molecule has 0 radical (unpaired) electrons. The minimum Gasteiger partial charge on any atom is -0.344 e. The molecule has 1 aromatic heterocycles. The third kappa shape index (κ3) is 8.53. The molecular weight excluding hydrogens is 433 g/mol. The molecule has 7 nitrogen and oxygen atoms in total. The van der Waals surface area contributed by atoms with Crippen molar-refractivity contribution in [2.75, 3.05) is 30.0 Å². The topological polar surface area (TPSA) is 88.6 Å². The first kappa shape index (κ1) is 24.5. The monoisotopic (exact) mass is 451 g/mol. The van der Waals surface area contributed by atoms with Crippen LogP contribution in [0.15, 0.2) is 36.4 Å². The molecule has 0 aliphatic rings. The maximum absolute atomic E-state index is 12.5. The smallest absolute Gasteiger partial charge is 0.344 e. The van der Waals surface area contributed by atoms with E-state index >= 15 is 0 Å². The van der Waals surface area contributed by atoms with E-state index in [0.29, 0.717) is 5.69 Å². The van der Waals surface area contributed by atoms with Crippen molar-refractivity contribution in [2.24, 2.45) is 0 Å². The summed E-state index contributed by atoms with van der Waals surface area (Å²) in [5, 5.41) is 16.7. The van der Waals surface area contributed by atoms with E-state index in [9.17, 15) is 27.4 Å². The van der Waals surface area contributed by atoms with Crippen molar-refractivity contribution >= 4 is 39.2 Å². The Kier molecular flexibility index (Phi) is 9.13. The van der Waals surface area contributed by atoms with Crippen molar-refractivity contribution < 1.29 is 32.1 Å². The molecule has 0 saturated carbocycles. The van der Waals surface area contributed by atoms with Crippen LogP contribution in [0, 0.1) is 17.8 Å². The summed E-state index contributed by atoms with van der Waals surface area (Å²) in [7, 11) is -0.707. The zero-order chi connectivity index (χ0) is 22.2. The summed E-state index contributed by atoms with van der Waals surface area (Å²) in [4.78, 5) is 14.9. The van der Waals surface area contributed by atoms with Gasteiger partial charge in [-0.2, -0.15) is 13.2 Å². The Balaban J connectivity index is 3.04. The van der Waals surface area contributed by atoms with Crippen molar-refractivity contribution in [2.45, 2.75) is 12.6 Å². The van der Waals surface area contributed by atoms with Crippen LogP contribution in [0.5, 0.6) is 0 Å². The van der Waals surface area contributed by atoms with Gasteiger partial charge in [0.1, 0.15) is 16.6 Å². The van der Waals surface area contributed by atoms with Crippen LogP contribution in [-0.4, -0.2) is 56.7 Å². The number of rotatable bonds is 9. The number of anilines is 1. The lowest BCUT2D eigenvalue weighted by molar-refractivity contribution is -0.904. The molecule has 2 N–H and O–H groups in total. The zero-order valence-electron chi connectivity index (χ0n) is 15.3. The van der Waals surface area contributed by atoms with Gasteiger partial charge in [0.2, 0.25) is 18.3 Å². The van der Waals surface area contributed by atoms with Crippen LogP contribution in [-0.2, 0) is 15.6 Å². The number of allylic oxidation sites excluding steroid dienone is 1. The molecule has 0 aliphatic carbocycles. The van der Waals surface area contributed by atoms with Crippen molar-refractivity contribution in [3.8, 4) is 12.3 Å². The van der Waals surface area contributed by atoms with Crippen LogP contribution in [0.1, 0.15) is 6.42 Å². The maximum Gasteiger partial charge on any atom is 0.400 e. The van der Waals surface area contributed by atoms with Crippen LogP contribution >= 0.6 is 11.6 Å². The van der Waals surface area contributed by atoms with Crippen molar-refractivity contribution in [1.29, 1.82) is 5.41 Å². The lowest BCUT2D eigenvalue weighted by atomic mass is 10.3. The molecule has 1 unspecified atom stereocenters. The number of carbonyl (C=O) groups is 1. The Morgan fingerprint density at radius 1 is 1.52 bits per heavy atom. The Labute approximate surface area is 173 Å². The number of hydrogen-bond acceptors (Lipinski definition) is 5. The normalized spacial score (nSPS) is 12.8. The predicted octanol–water partition coefficient (Wildman–Crippen LogP) is 1.87. The van der Waals surface area contributed by atoms with Crippen molar-refractivity contribution in [1.82, 2.24) is 4.90 Å². The second-order valence-electron chi connectivity index (χ2n) is 5.72. The van der Waals surface area contributed by atoms with Gasteiger partial charge in [-0.05, 0) is 6.07 Å². The lowest BCUT2D eigenvalue weighted by Crippen LogP contribution is -2.35. The molecule has 158 valence electrons. The van der Waals surface area contributed by atoms with E-state index in [0.717, 1.165) is 9.63 Å². The molecule has 0 fully saturated rings. The van der Waals surface area contributed by atoms with E-state index in [1.807, 2.05) is 0 Å². The molecule has 1 aromatic rings. The van der Waals surface area contributed by atoms with Crippen molar-refractivity contribution in [3.63, 3.8) is 0 Å². The fourth-order valence-electron chi connectivity index (χ4n) is 2.15. The van der Waals surface area contributed by atoms with Gasteiger partial charge in [-0.1, -0.05) is 17.5 Å². The first-order valence-electron chi connectivity index (χ1n) is 7.99. The highest BCUT2D eigenvalue weighted by molar-refractivity contribution is 7.85. The zero-order valence-corrected chi connectivity index (χ0v) is 16.9. The lowest BCUT2D eigenvalue weighted by Gasteiger charge is -2.24. The summed E-state index contributed by atoms with van der Waals surface area (Å²) >= 11 is 5.79. The Bertz CT molecular complexity index is 855. The van der Waals surface area contributed by atoms with E-state index in [1.54, 1.807) is 19.2 Å². The van der Waals surface area contributed by atoms with Crippen molar-refractivity contribution in [3.05, 3.63) is 36.4 Å². The number of amides is 1. The highest BCUT2D eigenvalue weighted by Gasteiger charge is 2.31. The summed E-state index contributed by atoms with van der Waals surface area (Å²) in [5.41, 5.74) is 0.372. The number of carbonyl (C=O) groups excluding carboxylic acids is 1. The van der Waals surface area contributed by atoms with Gasteiger partial charge in [0.15, 0.2) is 0 Å². The Morgan fingerprint density at radius 2 is 2.17 bits per heavy atom. The number of nitrogens with zero attached hydrogens (tertiary/aromatic N) is 3. The van der Waals surface area contributed by atoms with Gasteiger partial charge in [0.25, 0.3) is 0 Å². The van der Waals surface area contributed by atoms with Crippen LogP contribution in [0.3, 0.4) is 0 Å². The number of terminal acetylenes is 1. The SMILES string of the molecule is C#CCN(C(=O)CCS(=O)CC(F)(F)F)C(=CN(C)c1ccc[n+](O)c1)C(=N)Cl. The number of aromatic nitrogens is 1. The summed E-state index contributed by atoms with van der Waals surface area (Å²) in [6.07, 6.45) is 4.22. The molecule has 12 heteroatoms. The van der Waals surface area contributed by atoms with E-state index in [2.05, 4.69) is 5.92 Å². The van der Waals surface area contributed by atoms with E-state index < -0.39 is 46.0 Å². The number of pyridine rings is 1. The second-order valence-corrected chi connectivity index (χ2v) is 7.67. The second kappa shape index (κ2) is 10.8. The quantitative estimate of drug-likeness (QED) is 0.260. The Hall–Kier alpha value is -2.58. The molecule has 1 amide bonds. The van der Waals surface area contributed by atoms with Crippen LogP contribution < -0.4 is 9.63 Å². The van der Waals surface area contributed by atoms with Gasteiger partial charge in [-0.25, -0.2) is 0 Å². The average Bonchev–Trinajstić information content (AvgIpc) is 2.60. The molecule has 1 atom stereocenters. The molecule has 1 heterocycles. The largest absolute Gasteiger partial charge is 0.400 e. The molecule has 29 heavy (non-hydrogen) atoms. The summed E-state index contributed by atoms with van der Waals surface area (Å²) in [6, 6.07) is 3.18. The number of halogens is 4. The van der Waals surface area contributed by atoms with Gasteiger partial charge >= 0.3 is 6.18 Å². The predicted molar refractivity (Wildman–Crippen MR) is 103 cm³/mol. The molecule has 0 bridgehead atoms. The summed E-state index contributed by atoms with van der Waals surface area (Å²) < 4.78 is 49.1. The Morgan fingerprint density at radius 3 is 2.69 bits per heavy atom. The fraction of sp³-hybridized carbons (Fsp3) is 0.353. The number of hydrogen-bond donors (Lipinski definition) is 2. The van der Waals surface area contributed by atoms with Gasteiger partial charge in [0, 0.05) is 47.0 Å². The molecule has 0 saturated heterocycles. The first-order valence-corrected chi connectivity index (χ1v) is 9.86. The minimum absolute atomic E-state index is 0.105. The van der Waals surface area contributed by atoms with Gasteiger partial charge < -0.3 is 4.90 Å². The molecule has 1 rings (SSSR count). The number of nitrogens with one attached hydrogen (secondary N) is 1. The average molecular weight is 452 g/mol. The van der Waals surface area contributed by atoms with Gasteiger partial charge in [-0.3, -0.25) is 24.5 Å². The van der Waals surface area contributed by atoms with Gasteiger partial charge in [-0.15, -0.1) is 6.42 Å². The van der Waals surface area contributed by atoms with Crippen LogP contribution in [0.2, 0.25) is 0 Å². The highest BCUT2D eigenvalue weighted by atomic mass is 35.5.